The Kier molecular flexibility index (Phi) is 5.55. The van der Waals surface area contributed by atoms with Crippen molar-refractivity contribution in [3.05, 3.63) is 34.9 Å². The first-order valence-corrected chi connectivity index (χ1v) is 9.17. The second-order valence-corrected chi connectivity index (χ2v) is 6.64. The number of benzene rings is 1. The number of amides is 1. The number of ether oxygens (including phenoxy) is 1. The first-order chi connectivity index (χ1) is 13.7. The van der Waals surface area contributed by atoms with Crippen molar-refractivity contribution < 1.29 is 18.9 Å². The van der Waals surface area contributed by atoms with Gasteiger partial charge in [-0.15, -0.1) is 0 Å². The van der Waals surface area contributed by atoms with Gasteiger partial charge in [-0.1, -0.05) is 11.6 Å². The topological polar surface area (TPSA) is 142 Å². The third-order valence-electron chi connectivity index (χ3n) is 4.40. The summed E-state index contributed by atoms with van der Waals surface area (Å²) in [6.07, 6.45) is 0. The molecular weight excluding hydrogens is 398 g/mol. The first kappa shape index (κ1) is 20.3. The molecule has 0 aliphatic carbocycles. The molecule has 11 heteroatoms. The summed E-state index contributed by atoms with van der Waals surface area (Å²) in [5.41, 5.74) is 13.0. The van der Waals surface area contributed by atoms with E-state index in [0.29, 0.717) is 12.3 Å². The van der Waals surface area contributed by atoms with Crippen LogP contribution in [0.2, 0.25) is 5.15 Å². The van der Waals surface area contributed by atoms with Gasteiger partial charge in [-0.05, 0) is 19.1 Å². The molecule has 0 bridgehead atoms. The van der Waals surface area contributed by atoms with Gasteiger partial charge in [-0.3, -0.25) is 9.59 Å². The number of anilines is 2. The van der Waals surface area contributed by atoms with Gasteiger partial charge < -0.3 is 21.5 Å². The maximum atomic E-state index is 12.5. The molecule has 0 atom stereocenters. The number of rotatable bonds is 5. The molecule has 0 aliphatic rings. The number of aromatic nitrogens is 4. The summed E-state index contributed by atoms with van der Waals surface area (Å²) in [6, 6.07) is 5.36. The molecule has 2 heterocycles. The lowest BCUT2D eigenvalue weighted by Crippen LogP contribution is -2.38. The zero-order valence-corrected chi connectivity index (χ0v) is 16.9. The van der Waals surface area contributed by atoms with E-state index in [-0.39, 0.29) is 29.0 Å². The number of aryl methyl sites for hydroxylation is 2. The van der Waals surface area contributed by atoms with E-state index >= 15 is 0 Å². The van der Waals surface area contributed by atoms with Crippen LogP contribution in [-0.2, 0) is 24.9 Å². The number of fused-ring (bicyclic) bond motifs is 1. The van der Waals surface area contributed by atoms with E-state index in [9.17, 15) is 9.59 Å². The molecule has 3 aromatic rings. The van der Waals surface area contributed by atoms with Gasteiger partial charge in [0.2, 0.25) is 0 Å². The van der Waals surface area contributed by atoms with Crippen LogP contribution >= 0.6 is 11.6 Å². The van der Waals surface area contributed by atoms with Crippen molar-refractivity contribution in [3.8, 4) is 5.75 Å². The number of carbonyl (C=O) groups excluding carboxylic acids is 2. The largest absolute Gasteiger partial charge is 0.427 e. The molecule has 0 radical (unpaired) electrons. The minimum absolute atomic E-state index is 0.0400. The van der Waals surface area contributed by atoms with Crippen molar-refractivity contribution >= 4 is 46.1 Å². The molecule has 10 nitrogen and oxygen atoms in total. The van der Waals surface area contributed by atoms with E-state index in [0.717, 1.165) is 16.9 Å². The van der Waals surface area contributed by atoms with E-state index in [4.69, 9.17) is 27.8 Å². The normalized spacial score (nSPS) is 10.9. The molecule has 2 aromatic heterocycles. The van der Waals surface area contributed by atoms with Crippen molar-refractivity contribution in [1.29, 1.82) is 0 Å². The van der Waals surface area contributed by atoms with Gasteiger partial charge in [0.25, 0.3) is 11.7 Å². The number of esters is 1. The van der Waals surface area contributed by atoms with Crippen LogP contribution in [0.4, 0.5) is 11.6 Å². The fourth-order valence-electron chi connectivity index (χ4n) is 3.11. The molecule has 0 saturated heterocycles. The van der Waals surface area contributed by atoms with E-state index in [1.165, 1.54) is 6.92 Å². The van der Waals surface area contributed by atoms with Gasteiger partial charge in [0.1, 0.15) is 12.3 Å². The zero-order valence-electron chi connectivity index (χ0n) is 16.2. The standard InChI is InChI=1S/C18H20ClN7O3/c1-4-26-12-7-10(29-9(2)27)5-6-11(12)25(3)13(26)8-22-18(28)14-16(20)24-17(21)15(19)23-14/h5-7H,4,8H2,1-3H3,(H4-,20,21,22,24,28)/p+1. The predicted octanol–water partition coefficient (Wildman–Crippen LogP) is 0.949. The fourth-order valence-corrected chi connectivity index (χ4v) is 3.24. The summed E-state index contributed by atoms with van der Waals surface area (Å²) in [5.74, 6) is 0.219. The number of carbonyl (C=O) groups is 2. The molecule has 0 unspecified atom stereocenters. The minimum atomic E-state index is -0.523. The lowest BCUT2D eigenvalue weighted by Gasteiger charge is -2.07. The molecule has 0 spiro atoms. The number of nitrogens with one attached hydrogen (secondary N) is 1. The van der Waals surface area contributed by atoms with Crippen LogP contribution in [0.15, 0.2) is 18.2 Å². The monoisotopic (exact) mass is 418 g/mol. The van der Waals surface area contributed by atoms with Crippen LogP contribution in [0.3, 0.4) is 0 Å². The van der Waals surface area contributed by atoms with E-state index in [1.54, 1.807) is 12.1 Å². The van der Waals surface area contributed by atoms with Crippen LogP contribution in [0.5, 0.6) is 5.75 Å². The number of nitrogen functional groups attached to an aromatic ring is 2. The average molecular weight is 419 g/mol. The Balaban J connectivity index is 1.92. The van der Waals surface area contributed by atoms with E-state index < -0.39 is 11.9 Å². The Hall–Kier alpha value is -3.40. The fraction of sp³-hybridized carbons (Fsp3) is 0.278. The van der Waals surface area contributed by atoms with Crippen LogP contribution in [0.25, 0.3) is 11.0 Å². The summed E-state index contributed by atoms with van der Waals surface area (Å²) in [7, 11) is 1.88. The Morgan fingerprint density at radius 1 is 1.28 bits per heavy atom. The minimum Gasteiger partial charge on any atom is -0.427 e. The molecule has 0 saturated carbocycles. The Morgan fingerprint density at radius 2 is 2.00 bits per heavy atom. The van der Waals surface area contributed by atoms with Crippen molar-refractivity contribution in [1.82, 2.24) is 19.9 Å². The van der Waals surface area contributed by atoms with Crippen LogP contribution in [0, 0.1) is 0 Å². The van der Waals surface area contributed by atoms with Gasteiger partial charge in [-0.25, -0.2) is 19.1 Å². The number of imidazole rings is 1. The molecule has 29 heavy (non-hydrogen) atoms. The van der Waals surface area contributed by atoms with Crippen molar-refractivity contribution in [3.63, 3.8) is 0 Å². The molecule has 0 fully saturated rings. The van der Waals surface area contributed by atoms with Gasteiger partial charge >= 0.3 is 5.97 Å². The Labute approximate surface area is 171 Å². The quantitative estimate of drug-likeness (QED) is 0.318. The Bertz CT molecular complexity index is 1130. The highest BCUT2D eigenvalue weighted by Crippen LogP contribution is 2.22. The molecular formula is C18H21ClN7O3+. The highest BCUT2D eigenvalue weighted by molar-refractivity contribution is 6.31. The summed E-state index contributed by atoms with van der Waals surface area (Å²) < 4.78 is 9.13. The van der Waals surface area contributed by atoms with Crippen LogP contribution in [0.1, 0.15) is 30.2 Å². The third-order valence-corrected chi connectivity index (χ3v) is 4.68. The maximum absolute atomic E-state index is 12.5. The summed E-state index contributed by atoms with van der Waals surface area (Å²) >= 11 is 5.85. The van der Waals surface area contributed by atoms with Gasteiger partial charge in [0.15, 0.2) is 33.5 Å². The Morgan fingerprint density at radius 3 is 2.66 bits per heavy atom. The highest BCUT2D eigenvalue weighted by Gasteiger charge is 2.24. The van der Waals surface area contributed by atoms with Gasteiger partial charge in [0, 0.05) is 13.0 Å². The smallest absolute Gasteiger partial charge is 0.308 e. The number of hydrogen-bond acceptors (Lipinski definition) is 7. The molecule has 1 amide bonds. The summed E-state index contributed by atoms with van der Waals surface area (Å²) in [4.78, 5) is 31.5. The summed E-state index contributed by atoms with van der Waals surface area (Å²) in [5, 5.41) is 2.69. The van der Waals surface area contributed by atoms with Crippen LogP contribution in [-0.4, -0.2) is 26.4 Å². The molecule has 0 aliphatic heterocycles. The van der Waals surface area contributed by atoms with Crippen molar-refractivity contribution in [2.75, 3.05) is 11.5 Å². The van der Waals surface area contributed by atoms with Gasteiger partial charge in [0.05, 0.1) is 13.6 Å². The van der Waals surface area contributed by atoms with Crippen LogP contribution < -0.4 is 26.1 Å². The lowest BCUT2D eigenvalue weighted by atomic mass is 10.3. The predicted molar refractivity (Wildman–Crippen MR) is 107 cm³/mol. The number of halogens is 1. The van der Waals surface area contributed by atoms with Gasteiger partial charge in [-0.2, -0.15) is 0 Å². The molecule has 1 aromatic carbocycles. The van der Waals surface area contributed by atoms with Crippen molar-refractivity contribution in [2.24, 2.45) is 7.05 Å². The SMILES string of the molecule is CCn1c(CNC(=O)c2nc(Cl)c(N)nc2N)[n+](C)c2ccc(OC(C)=O)cc21. The highest BCUT2D eigenvalue weighted by atomic mass is 35.5. The summed E-state index contributed by atoms with van der Waals surface area (Å²) in [6.45, 7) is 4.17. The molecule has 5 N–H and O–H groups in total. The average Bonchev–Trinajstić information content (AvgIpc) is 2.92. The van der Waals surface area contributed by atoms with E-state index in [2.05, 4.69) is 15.3 Å². The number of nitrogens with zero attached hydrogens (tertiary/aromatic N) is 4. The third kappa shape index (κ3) is 3.92. The van der Waals surface area contributed by atoms with E-state index in [1.807, 2.05) is 29.2 Å². The maximum Gasteiger partial charge on any atom is 0.308 e. The second-order valence-electron chi connectivity index (χ2n) is 6.28. The molecule has 152 valence electrons. The molecule has 3 rings (SSSR count). The number of hydrogen-bond donors (Lipinski definition) is 3. The lowest BCUT2D eigenvalue weighted by molar-refractivity contribution is -0.654. The second kappa shape index (κ2) is 7.92. The number of nitrogens with two attached hydrogens (primary N) is 2. The zero-order chi connectivity index (χ0) is 21.3. The van der Waals surface area contributed by atoms with Crippen molar-refractivity contribution in [2.45, 2.75) is 26.9 Å². The first-order valence-electron chi connectivity index (χ1n) is 8.79.